The molecule has 0 radical (unpaired) electrons. The van der Waals surface area contributed by atoms with Gasteiger partial charge >= 0.3 is 0 Å². The highest BCUT2D eigenvalue weighted by Crippen LogP contribution is 2.23. The van der Waals surface area contributed by atoms with Crippen LogP contribution in [0.15, 0.2) is 35.7 Å². The van der Waals surface area contributed by atoms with E-state index >= 15 is 0 Å². The molecule has 2 aromatic heterocycles. The van der Waals surface area contributed by atoms with Gasteiger partial charge in [0.1, 0.15) is 23.5 Å². The number of nitrogens with one attached hydrogen (secondary N) is 3. The Kier molecular flexibility index (Phi) is 5.99. The van der Waals surface area contributed by atoms with E-state index in [0.29, 0.717) is 27.9 Å². The first-order valence-corrected chi connectivity index (χ1v) is 9.95. The van der Waals surface area contributed by atoms with E-state index in [1.54, 1.807) is 19.3 Å². The van der Waals surface area contributed by atoms with Gasteiger partial charge in [0, 0.05) is 31.6 Å². The molecule has 3 heterocycles. The molecular weight excluding hydrogens is 399 g/mol. The Balaban J connectivity index is 1.54. The van der Waals surface area contributed by atoms with Crippen LogP contribution in [-0.2, 0) is 6.54 Å². The highest BCUT2D eigenvalue weighted by molar-refractivity contribution is 6.09. The number of H-pyrrole nitrogens is 1. The number of aliphatic imine (C=N–C) groups is 1. The van der Waals surface area contributed by atoms with E-state index < -0.39 is 11.7 Å². The zero-order valence-corrected chi connectivity index (χ0v) is 17.0. The normalized spacial score (nSPS) is 17.0. The summed E-state index contributed by atoms with van der Waals surface area (Å²) in [7, 11) is 1.61. The molecule has 5 N–H and O–H groups in total. The van der Waals surface area contributed by atoms with E-state index in [2.05, 4.69) is 35.6 Å². The molecule has 0 spiro atoms. The summed E-state index contributed by atoms with van der Waals surface area (Å²) in [5.41, 5.74) is 8.47. The Bertz CT molecular complexity index is 1160. The number of amides is 1. The molecule has 0 bridgehead atoms. The number of carbonyl (C=O) groups is 1. The van der Waals surface area contributed by atoms with Gasteiger partial charge in [0.15, 0.2) is 11.3 Å². The van der Waals surface area contributed by atoms with Gasteiger partial charge < -0.3 is 21.4 Å². The second kappa shape index (κ2) is 9.00. The third-order valence-electron chi connectivity index (χ3n) is 5.10. The Hall–Kier alpha value is -3.66. The highest BCUT2D eigenvalue weighted by atomic mass is 19.1. The monoisotopic (exact) mass is 422 g/mol. The van der Waals surface area contributed by atoms with Crippen molar-refractivity contribution in [3.05, 3.63) is 59.2 Å². The predicted molar refractivity (Wildman–Crippen MR) is 116 cm³/mol. The van der Waals surface area contributed by atoms with Crippen LogP contribution in [0.1, 0.15) is 46.3 Å². The summed E-state index contributed by atoms with van der Waals surface area (Å²) in [6, 6.07) is 4.59. The molecule has 1 aliphatic rings. The van der Waals surface area contributed by atoms with Crippen LogP contribution >= 0.6 is 0 Å². The second-order valence-corrected chi connectivity index (χ2v) is 7.23. The number of aromatic nitrogens is 4. The minimum absolute atomic E-state index is 0.112. The quantitative estimate of drug-likeness (QED) is 0.448. The van der Waals surface area contributed by atoms with Gasteiger partial charge in [0.25, 0.3) is 5.91 Å². The van der Waals surface area contributed by atoms with Crippen molar-refractivity contribution in [2.24, 2.45) is 10.7 Å². The fourth-order valence-electron chi connectivity index (χ4n) is 3.64. The minimum atomic E-state index is -0.433. The topological polar surface area (TPSA) is 134 Å². The number of halogens is 1. The molecule has 3 aromatic rings. The molecule has 4 rings (SSSR count). The molecule has 160 valence electrons. The lowest BCUT2D eigenvalue weighted by Gasteiger charge is -2.09. The van der Waals surface area contributed by atoms with Crippen LogP contribution in [0.2, 0.25) is 0 Å². The summed E-state index contributed by atoms with van der Waals surface area (Å²) in [6.07, 6.45) is 6.26. The molecule has 1 atom stereocenters. The highest BCUT2D eigenvalue weighted by Gasteiger charge is 2.22. The Morgan fingerprint density at radius 1 is 1.39 bits per heavy atom. The number of nitrogens with two attached hydrogens (primary N) is 1. The lowest BCUT2D eigenvalue weighted by molar-refractivity contribution is 0.0947. The van der Waals surface area contributed by atoms with Gasteiger partial charge in [-0.05, 0) is 48.7 Å². The summed E-state index contributed by atoms with van der Waals surface area (Å²) in [6.45, 7) is 1.04. The number of allylic oxidation sites excluding steroid dienone is 1. The van der Waals surface area contributed by atoms with Crippen molar-refractivity contribution in [2.75, 3.05) is 13.6 Å². The standard InChI is InChI=1S/C21H23FN8O/c1-24-10-14(8-23)13-5-12(6-15(22)7-13)9-26-21(31)18-17-20(28-11-27-18)30-19(29-17)16-3-2-4-25-16/h5-8,10-11,16,25H,2-4,9,23H2,1H3,(H,26,31)(H,27,28,29,30)/t16-/m1/s1. The van der Waals surface area contributed by atoms with Gasteiger partial charge in [0.2, 0.25) is 0 Å². The molecule has 0 saturated carbocycles. The maximum atomic E-state index is 14.1. The Morgan fingerprint density at radius 3 is 3.00 bits per heavy atom. The van der Waals surface area contributed by atoms with Gasteiger partial charge in [-0.3, -0.25) is 9.79 Å². The summed E-state index contributed by atoms with van der Waals surface area (Å²) in [5.74, 6) is -0.0923. The first-order chi connectivity index (χ1) is 15.1. The zero-order chi connectivity index (χ0) is 21.8. The molecule has 31 heavy (non-hydrogen) atoms. The molecule has 1 saturated heterocycles. The average molecular weight is 422 g/mol. The molecule has 1 fully saturated rings. The van der Waals surface area contributed by atoms with Crippen LogP contribution in [0.4, 0.5) is 4.39 Å². The number of rotatable bonds is 6. The Morgan fingerprint density at radius 2 is 2.26 bits per heavy atom. The molecule has 0 aliphatic carbocycles. The van der Waals surface area contributed by atoms with Crippen molar-refractivity contribution < 1.29 is 9.18 Å². The lowest BCUT2D eigenvalue weighted by atomic mass is 10.0. The van der Waals surface area contributed by atoms with Gasteiger partial charge in [-0.1, -0.05) is 0 Å². The maximum Gasteiger partial charge on any atom is 0.272 e. The maximum absolute atomic E-state index is 14.1. The zero-order valence-electron chi connectivity index (χ0n) is 17.0. The lowest BCUT2D eigenvalue weighted by Crippen LogP contribution is -2.24. The number of nitrogens with zero attached hydrogens (tertiary/aromatic N) is 4. The number of hydrogen-bond acceptors (Lipinski definition) is 7. The minimum Gasteiger partial charge on any atom is -0.404 e. The van der Waals surface area contributed by atoms with Crippen LogP contribution in [0, 0.1) is 5.82 Å². The number of hydrogen-bond donors (Lipinski definition) is 4. The summed E-state index contributed by atoms with van der Waals surface area (Å²) in [5, 5.41) is 6.15. The van der Waals surface area contributed by atoms with Gasteiger partial charge in [-0.2, -0.15) is 0 Å². The van der Waals surface area contributed by atoms with Gasteiger partial charge in [-0.25, -0.2) is 19.3 Å². The van der Waals surface area contributed by atoms with E-state index in [9.17, 15) is 9.18 Å². The first-order valence-electron chi connectivity index (χ1n) is 9.95. The fraction of sp³-hybridized carbons (Fsp3) is 0.286. The van der Waals surface area contributed by atoms with Crippen molar-refractivity contribution in [2.45, 2.75) is 25.4 Å². The van der Waals surface area contributed by atoms with Gasteiger partial charge in [0.05, 0.1) is 6.04 Å². The van der Waals surface area contributed by atoms with Crippen LogP contribution < -0.4 is 16.4 Å². The number of fused-ring (bicyclic) bond motifs is 1. The van der Waals surface area contributed by atoms with E-state index in [1.165, 1.54) is 24.7 Å². The van der Waals surface area contributed by atoms with E-state index in [-0.39, 0.29) is 18.3 Å². The van der Waals surface area contributed by atoms with E-state index in [1.807, 2.05) is 0 Å². The Labute approximate surface area is 178 Å². The first kappa shape index (κ1) is 20.6. The summed E-state index contributed by atoms with van der Waals surface area (Å²) >= 11 is 0. The molecule has 10 heteroatoms. The third kappa shape index (κ3) is 4.43. The van der Waals surface area contributed by atoms with Crippen LogP contribution in [0.3, 0.4) is 0 Å². The molecule has 0 unspecified atom stereocenters. The van der Waals surface area contributed by atoms with Crippen molar-refractivity contribution >= 4 is 28.9 Å². The van der Waals surface area contributed by atoms with Crippen LogP contribution in [-0.4, -0.2) is 45.7 Å². The number of imidazole rings is 1. The number of aromatic amines is 1. The molecule has 9 nitrogen and oxygen atoms in total. The van der Waals surface area contributed by atoms with Crippen molar-refractivity contribution in [1.82, 2.24) is 30.6 Å². The fourth-order valence-corrected chi connectivity index (χ4v) is 3.64. The van der Waals surface area contributed by atoms with Crippen LogP contribution in [0.25, 0.3) is 16.7 Å². The smallest absolute Gasteiger partial charge is 0.272 e. The van der Waals surface area contributed by atoms with Crippen molar-refractivity contribution in [3.63, 3.8) is 0 Å². The summed E-state index contributed by atoms with van der Waals surface area (Å²) < 4.78 is 14.1. The second-order valence-electron chi connectivity index (χ2n) is 7.23. The van der Waals surface area contributed by atoms with Crippen molar-refractivity contribution in [3.8, 4) is 0 Å². The van der Waals surface area contributed by atoms with Gasteiger partial charge in [-0.15, -0.1) is 0 Å². The number of benzene rings is 1. The van der Waals surface area contributed by atoms with Crippen molar-refractivity contribution in [1.29, 1.82) is 0 Å². The van der Waals surface area contributed by atoms with E-state index in [0.717, 1.165) is 25.2 Å². The van der Waals surface area contributed by atoms with Crippen LogP contribution in [0.5, 0.6) is 0 Å². The average Bonchev–Trinajstić information content (AvgIpc) is 3.44. The molecule has 1 aliphatic heterocycles. The largest absolute Gasteiger partial charge is 0.404 e. The third-order valence-corrected chi connectivity index (χ3v) is 5.10. The predicted octanol–water partition coefficient (Wildman–Crippen LogP) is 1.85. The SMILES string of the molecule is CN=CC(=CN)c1cc(F)cc(CNC(=O)c2ncnc3nc([C@H]4CCCN4)[nH]c23)c1. The van der Waals surface area contributed by atoms with E-state index in [4.69, 9.17) is 5.73 Å². The summed E-state index contributed by atoms with van der Waals surface area (Å²) in [4.78, 5) is 32.7. The molecular formula is C21H23FN8O. The number of carbonyl (C=O) groups excluding carboxylic acids is 1. The molecule has 1 amide bonds. The molecule has 1 aromatic carbocycles.